The SMILES string of the molecule is O=C(C=Cc1ccccc1[N+](=O)[O-])NNC(=O)c1ccccc1F. The molecule has 0 bridgehead atoms. The molecule has 0 radical (unpaired) electrons. The summed E-state index contributed by atoms with van der Waals surface area (Å²) in [4.78, 5) is 33.6. The predicted octanol–water partition coefficient (Wildman–Crippen LogP) is 2.21. The first kappa shape index (κ1) is 16.8. The summed E-state index contributed by atoms with van der Waals surface area (Å²) in [6.07, 6.45) is 2.26. The number of benzene rings is 2. The molecule has 8 heteroatoms. The van der Waals surface area contributed by atoms with Crippen LogP contribution in [0.3, 0.4) is 0 Å². The first-order valence-corrected chi connectivity index (χ1v) is 6.75. The minimum atomic E-state index is -0.819. The number of nitro groups is 1. The molecule has 0 aliphatic carbocycles. The minimum absolute atomic E-state index is 0.156. The standard InChI is InChI=1S/C16H12FN3O4/c17-13-7-3-2-6-12(13)16(22)19-18-15(21)10-9-11-5-1-4-8-14(11)20(23)24/h1-10H,(H,18,21)(H,19,22). The topological polar surface area (TPSA) is 101 Å². The number of carbonyl (C=O) groups excluding carboxylic acids is 2. The van der Waals surface area contributed by atoms with Gasteiger partial charge in [-0.15, -0.1) is 0 Å². The van der Waals surface area contributed by atoms with E-state index in [-0.39, 0.29) is 16.8 Å². The first-order valence-electron chi connectivity index (χ1n) is 6.75. The van der Waals surface area contributed by atoms with Crippen molar-refractivity contribution in [2.45, 2.75) is 0 Å². The van der Waals surface area contributed by atoms with Gasteiger partial charge in [-0.25, -0.2) is 4.39 Å². The molecule has 0 saturated heterocycles. The second-order valence-corrected chi connectivity index (χ2v) is 4.57. The van der Waals surface area contributed by atoms with Gasteiger partial charge in [-0.3, -0.25) is 30.6 Å². The average Bonchev–Trinajstić information content (AvgIpc) is 2.58. The Labute approximate surface area is 135 Å². The van der Waals surface area contributed by atoms with Gasteiger partial charge in [-0.1, -0.05) is 24.3 Å². The van der Waals surface area contributed by atoms with E-state index in [1.807, 2.05) is 5.43 Å². The summed E-state index contributed by atoms with van der Waals surface area (Å²) in [5.41, 5.74) is 3.97. The molecule has 0 unspecified atom stereocenters. The number of nitrogens with one attached hydrogen (secondary N) is 2. The smallest absolute Gasteiger partial charge is 0.268 e. The number of halogens is 1. The minimum Gasteiger partial charge on any atom is -0.268 e. The fourth-order valence-electron chi connectivity index (χ4n) is 1.83. The number of carbonyl (C=O) groups is 2. The lowest BCUT2D eigenvalue weighted by atomic mass is 10.1. The second kappa shape index (κ2) is 7.63. The van der Waals surface area contributed by atoms with Crippen LogP contribution in [0.5, 0.6) is 0 Å². The predicted molar refractivity (Wildman–Crippen MR) is 84.1 cm³/mol. The number of amides is 2. The summed E-state index contributed by atoms with van der Waals surface area (Å²) in [6, 6.07) is 11.2. The summed E-state index contributed by atoms with van der Waals surface area (Å²) in [7, 11) is 0. The van der Waals surface area contributed by atoms with Crippen molar-refractivity contribution in [1.29, 1.82) is 0 Å². The molecule has 2 aromatic rings. The molecule has 2 N–H and O–H groups in total. The van der Waals surface area contributed by atoms with Gasteiger partial charge in [0.25, 0.3) is 17.5 Å². The van der Waals surface area contributed by atoms with Crippen molar-refractivity contribution in [3.63, 3.8) is 0 Å². The monoisotopic (exact) mass is 329 g/mol. The van der Waals surface area contributed by atoms with Crippen LogP contribution in [0.25, 0.3) is 6.08 Å². The van der Waals surface area contributed by atoms with E-state index in [0.29, 0.717) is 0 Å². The van der Waals surface area contributed by atoms with Crippen LogP contribution in [0, 0.1) is 15.9 Å². The van der Waals surface area contributed by atoms with E-state index in [4.69, 9.17) is 0 Å². The average molecular weight is 329 g/mol. The highest BCUT2D eigenvalue weighted by atomic mass is 19.1. The summed E-state index contributed by atoms with van der Waals surface area (Å²) < 4.78 is 13.4. The highest BCUT2D eigenvalue weighted by Gasteiger charge is 2.12. The molecule has 0 heterocycles. The maximum atomic E-state index is 13.4. The maximum absolute atomic E-state index is 13.4. The number of nitro benzene ring substituents is 1. The Bertz CT molecular complexity index is 820. The van der Waals surface area contributed by atoms with E-state index >= 15 is 0 Å². The van der Waals surface area contributed by atoms with E-state index in [2.05, 4.69) is 5.43 Å². The quantitative estimate of drug-likeness (QED) is 0.510. The van der Waals surface area contributed by atoms with Crippen molar-refractivity contribution in [3.8, 4) is 0 Å². The van der Waals surface area contributed by atoms with Gasteiger partial charge in [0, 0.05) is 12.1 Å². The van der Waals surface area contributed by atoms with Crippen LogP contribution in [0.2, 0.25) is 0 Å². The molecule has 0 fully saturated rings. The van der Waals surface area contributed by atoms with Crippen molar-refractivity contribution >= 4 is 23.6 Å². The Morgan fingerprint density at radius 1 is 1.04 bits per heavy atom. The third-order valence-corrected chi connectivity index (χ3v) is 2.97. The molecule has 2 rings (SSSR count). The van der Waals surface area contributed by atoms with Crippen LogP contribution in [0.1, 0.15) is 15.9 Å². The lowest BCUT2D eigenvalue weighted by Gasteiger charge is -2.05. The van der Waals surface area contributed by atoms with Crippen molar-refractivity contribution in [3.05, 3.63) is 81.7 Å². The van der Waals surface area contributed by atoms with E-state index in [9.17, 15) is 24.1 Å². The molecule has 0 aliphatic heterocycles. The van der Waals surface area contributed by atoms with Gasteiger partial charge in [-0.2, -0.15) is 0 Å². The Morgan fingerprint density at radius 3 is 2.42 bits per heavy atom. The molecule has 0 aliphatic rings. The summed E-state index contributed by atoms with van der Waals surface area (Å²) in [5, 5.41) is 10.8. The third-order valence-electron chi connectivity index (χ3n) is 2.97. The number of rotatable bonds is 4. The number of hydrogen-bond donors (Lipinski definition) is 2. The maximum Gasteiger partial charge on any atom is 0.276 e. The van der Waals surface area contributed by atoms with Crippen molar-refractivity contribution in [1.82, 2.24) is 10.9 Å². The molecular weight excluding hydrogens is 317 g/mol. The highest BCUT2D eigenvalue weighted by Crippen LogP contribution is 2.18. The van der Waals surface area contributed by atoms with Gasteiger partial charge in [0.05, 0.1) is 16.1 Å². The molecule has 2 amide bonds. The Morgan fingerprint density at radius 2 is 1.71 bits per heavy atom. The largest absolute Gasteiger partial charge is 0.276 e. The van der Waals surface area contributed by atoms with Crippen molar-refractivity contribution < 1.29 is 18.9 Å². The van der Waals surface area contributed by atoms with Gasteiger partial charge < -0.3 is 0 Å². The zero-order valence-electron chi connectivity index (χ0n) is 12.2. The second-order valence-electron chi connectivity index (χ2n) is 4.57. The zero-order chi connectivity index (χ0) is 17.5. The summed E-state index contributed by atoms with van der Waals surface area (Å²) >= 11 is 0. The van der Waals surface area contributed by atoms with Crippen molar-refractivity contribution in [2.24, 2.45) is 0 Å². The Balaban J connectivity index is 1.98. The summed E-state index contributed by atoms with van der Waals surface area (Å²) in [6.45, 7) is 0. The van der Waals surface area contributed by atoms with Crippen LogP contribution in [0.15, 0.2) is 54.6 Å². The molecule has 0 aromatic heterocycles. The van der Waals surface area contributed by atoms with Crippen LogP contribution in [-0.2, 0) is 4.79 Å². The molecule has 0 atom stereocenters. The summed E-state index contributed by atoms with van der Waals surface area (Å²) in [5.74, 6) is -2.27. The van der Waals surface area contributed by atoms with Gasteiger partial charge in [0.2, 0.25) is 0 Å². The van der Waals surface area contributed by atoms with Gasteiger partial charge in [0.15, 0.2) is 0 Å². The number of para-hydroxylation sites is 1. The highest BCUT2D eigenvalue weighted by molar-refractivity contribution is 5.98. The van der Waals surface area contributed by atoms with E-state index in [1.165, 1.54) is 42.5 Å². The number of nitrogens with zero attached hydrogens (tertiary/aromatic N) is 1. The fraction of sp³-hybridized carbons (Fsp3) is 0. The lowest BCUT2D eigenvalue weighted by molar-refractivity contribution is -0.385. The molecule has 24 heavy (non-hydrogen) atoms. The Hall–Kier alpha value is -3.55. The lowest BCUT2D eigenvalue weighted by Crippen LogP contribution is -2.41. The molecule has 0 spiro atoms. The van der Waals surface area contributed by atoms with Crippen LogP contribution in [-0.4, -0.2) is 16.7 Å². The van der Waals surface area contributed by atoms with Crippen LogP contribution >= 0.6 is 0 Å². The molecule has 122 valence electrons. The Kier molecular flexibility index (Phi) is 5.35. The molecule has 7 nitrogen and oxygen atoms in total. The van der Waals surface area contributed by atoms with Gasteiger partial charge in [0.1, 0.15) is 5.82 Å². The zero-order valence-corrected chi connectivity index (χ0v) is 12.2. The van der Waals surface area contributed by atoms with E-state index in [1.54, 1.807) is 6.07 Å². The normalized spacial score (nSPS) is 10.4. The van der Waals surface area contributed by atoms with Crippen LogP contribution < -0.4 is 10.9 Å². The number of hydrazine groups is 1. The van der Waals surface area contributed by atoms with E-state index < -0.39 is 22.6 Å². The van der Waals surface area contributed by atoms with Crippen molar-refractivity contribution in [2.75, 3.05) is 0 Å². The fourth-order valence-corrected chi connectivity index (χ4v) is 1.83. The van der Waals surface area contributed by atoms with Crippen LogP contribution in [0.4, 0.5) is 10.1 Å². The third kappa shape index (κ3) is 4.23. The van der Waals surface area contributed by atoms with Gasteiger partial charge >= 0.3 is 0 Å². The first-order chi connectivity index (χ1) is 11.5. The molecule has 0 saturated carbocycles. The molecular formula is C16H12FN3O4. The van der Waals surface area contributed by atoms with Gasteiger partial charge in [-0.05, 0) is 24.3 Å². The molecule has 2 aromatic carbocycles. The number of hydrogen-bond acceptors (Lipinski definition) is 4. The van der Waals surface area contributed by atoms with E-state index in [0.717, 1.165) is 12.1 Å².